The van der Waals surface area contributed by atoms with Gasteiger partial charge in [-0.15, -0.1) is 0 Å². The van der Waals surface area contributed by atoms with Crippen molar-refractivity contribution < 1.29 is 24.4 Å². The van der Waals surface area contributed by atoms with E-state index in [1.807, 2.05) is 13.8 Å². The Hall–Kier alpha value is -0.200. The zero-order valence-electron chi connectivity index (χ0n) is 10.2. The largest absolute Gasteiger partial charge is 0.396 e. The van der Waals surface area contributed by atoms with E-state index in [1.165, 1.54) is 0 Å². The summed E-state index contributed by atoms with van der Waals surface area (Å²) in [5.74, 6) is -0.764. The third-order valence-electron chi connectivity index (χ3n) is 4.15. The first-order valence-corrected chi connectivity index (χ1v) is 6.32. The van der Waals surface area contributed by atoms with Gasteiger partial charge in [0.2, 0.25) is 0 Å². The Morgan fingerprint density at radius 1 is 1.24 bits per heavy atom. The standard InChI is InChI=1S/C12H20O5/c1-12(2)16-10-9-6(5-13)7(14)3-4-8(9)15-11(10)17-12/h6-11,13-14H,3-5H2,1-2H3/t6-,7-,8+,9+,10+,11+/m0/s1. The Labute approximate surface area is 101 Å². The van der Waals surface area contributed by atoms with Crippen LogP contribution in [-0.2, 0) is 14.2 Å². The molecule has 0 bridgehead atoms. The van der Waals surface area contributed by atoms with Crippen LogP contribution in [0.15, 0.2) is 0 Å². The number of hydrogen-bond acceptors (Lipinski definition) is 5. The van der Waals surface area contributed by atoms with Gasteiger partial charge < -0.3 is 24.4 Å². The molecule has 98 valence electrons. The third kappa shape index (κ3) is 1.81. The molecule has 0 aromatic rings. The number of aliphatic hydroxyl groups excluding tert-OH is 2. The van der Waals surface area contributed by atoms with E-state index in [4.69, 9.17) is 14.2 Å². The molecule has 0 amide bonds. The second-order valence-corrected chi connectivity index (χ2v) is 5.71. The van der Waals surface area contributed by atoms with Gasteiger partial charge in [-0.25, -0.2) is 0 Å². The quantitative estimate of drug-likeness (QED) is 0.691. The van der Waals surface area contributed by atoms with Crippen LogP contribution in [0.25, 0.3) is 0 Å². The van der Waals surface area contributed by atoms with E-state index in [0.717, 1.165) is 6.42 Å². The summed E-state index contributed by atoms with van der Waals surface area (Å²) in [5.41, 5.74) is 0. The van der Waals surface area contributed by atoms with E-state index in [-0.39, 0.29) is 36.9 Å². The molecule has 5 nitrogen and oxygen atoms in total. The minimum absolute atomic E-state index is 0.0291. The summed E-state index contributed by atoms with van der Waals surface area (Å²) in [5, 5.41) is 19.4. The molecule has 0 aromatic carbocycles. The number of rotatable bonds is 1. The second-order valence-electron chi connectivity index (χ2n) is 5.71. The first-order chi connectivity index (χ1) is 8.02. The predicted octanol–water partition coefficient (Wildman–Crippen LogP) is 0.242. The zero-order chi connectivity index (χ0) is 12.2. The van der Waals surface area contributed by atoms with Crippen LogP contribution in [0.2, 0.25) is 0 Å². The van der Waals surface area contributed by atoms with Gasteiger partial charge in [0, 0.05) is 18.4 Å². The van der Waals surface area contributed by atoms with Gasteiger partial charge in [0.25, 0.3) is 0 Å². The number of aliphatic hydroxyl groups is 2. The molecule has 3 rings (SSSR count). The molecule has 1 aliphatic carbocycles. The highest BCUT2D eigenvalue weighted by atomic mass is 16.8. The number of fused-ring (bicyclic) bond motifs is 3. The Morgan fingerprint density at radius 2 is 2.00 bits per heavy atom. The predicted molar refractivity (Wildman–Crippen MR) is 58.0 cm³/mol. The van der Waals surface area contributed by atoms with Crippen molar-refractivity contribution in [2.75, 3.05) is 6.61 Å². The van der Waals surface area contributed by atoms with Gasteiger partial charge in [-0.05, 0) is 26.7 Å². The molecule has 0 spiro atoms. The molecule has 0 radical (unpaired) electrons. The van der Waals surface area contributed by atoms with Gasteiger partial charge in [-0.3, -0.25) is 0 Å². The van der Waals surface area contributed by atoms with Crippen molar-refractivity contribution in [1.29, 1.82) is 0 Å². The first-order valence-electron chi connectivity index (χ1n) is 6.32. The summed E-state index contributed by atoms with van der Waals surface area (Å²) in [7, 11) is 0. The van der Waals surface area contributed by atoms with E-state index < -0.39 is 11.9 Å². The van der Waals surface area contributed by atoms with Crippen LogP contribution < -0.4 is 0 Å². The van der Waals surface area contributed by atoms with Crippen molar-refractivity contribution in [1.82, 2.24) is 0 Å². The lowest BCUT2D eigenvalue weighted by Gasteiger charge is -2.37. The molecular weight excluding hydrogens is 224 g/mol. The van der Waals surface area contributed by atoms with Crippen LogP contribution in [0, 0.1) is 11.8 Å². The van der Waals surface area contributed by atoms with Crippen LogP contribution in [-0.4, -0.2) is 47.2 Å². The normalized spacial score (nSPS) is 52.2. The van der Waals surface area contributed by atoms with Crippen LogP contribution in [0.3, 0.4) is 0 Å². The molecule has 3 fully saturated rings. The molecule has 3 aliphatic rings. The van der Waals surface area contributed by atoms with Crippen LogP contribution in [0.5, 0.6) is 0 Å². The molecule has 2 heterocycles. The fourth-order valence-electron chi connectivity index (χ4n) is 3.43. The van der Waals surface area contributed by atoms with Crippen molar-refractivity contribution >= 4 is 0 Å². The third-order valence-corrected chi connectivity index (χ3v) is 4.15. The maximum Gasteiger partial charge on any atom is 0.187 e. The van der Waals surface area contributed by atoms with Crippen molar-refractivity contribution in [3.63, 3.8) is 0 Å². The molecule has 17 heavy (non-hydrogen) atoms. The fraction of sp³-hybridized carbons (Fsp3) is 1.00. The average Bonchev–Trinajstić information content (AvgIpc) is 2.70. The number of ether oxygens (including phenoxy) is 3. The Kier molecular flexibility index (Phi) is 2.72. The van der Waals surface area contributed by atoms with E-state index in [2.05, 4.69) is 0 Å². The van der Waals surface area contributed by atoms with E-state index in [9.17, 15) is 10.2 Å². The topological polar surface area (TPSA) is 68.2 Å². The molecular formula is C12H20O5. The van der Waals surface area contributed by atoms with Gasteiger partial charge >= 0.3 is 0 Å². The first kappa shape index (κ1) is 11.9. The molecule has 2 saturated heterocycles. The Morgan fingerprint density at radius 3 is 2.71 bits per heavy atom. The minimum Gasteiger partial charge on any atom is -0.396 e. The lowest BCUT2D eigenvalue weighted by Crippen LogP contribution is -2.45. The Balaban J connectivity index is 1.83. The zero-order valence-corrected chi connectivity index (χ0v) is 10.2. The highest BCUT2D eigenvalue weighted by Crippen LogP contribution is 2.48. The van der Waals surface area contributed by atoms with Gasteiger partial charge in [-0.1, -0.05) is 0 Å². The average molecular weight is 244 g/mol. The fourth-order valence-corrected chi connectivity index (χ4v) is 3.43. The molecule has 0 unspecified atom stereocenters. The van der Waals surface area contributed by atoms with Crippen molar-refractivity contribution in [2.45, 2.75) is 57.1 Å². The minimum atomic E-state index is -0.636. The summed E-state index contributed by atoms with van der Waals surface area (Å²) in [4.78, 5) is 0. The summed E-state index contributed by atoms with van der Waals surface area (Å²) < 4.78 is 17.4. The van der Waals surface area contributed by atoms with Crippen molar-refractivity contribution in [3.8, 4) is 0 Å². The maximum atomic E-state index is 9.95. The summed E-state index contributed by atoms with van der Waals surface area (Å²) >= 11 is 0. The van der Waals surface area contributed by atoms with E-state index in [1.54, 1.807) is 0 Å². The molecule has 1 saturated carbocycles. The lowest BCUT2D eigenvalue weighted by atomic mass is 9.74. The highest BCUT2D eigenvalue weighted by Gasteiger charge is 2.58. The van der Waals surface area contributed by atoms with Crippen LogP contribution in [0.4, 0.5) is 0 Å². The van der Waals surface area contributed by atoms with Gasteiger partial charge in [-0.2, -0.15) is 0 Å². The molecule has 5 heteroatoms. The van der Waals surface area contributed by atoms with E-state index >= 15 is 0 Å². The maximum absolute atomic E-state index is 9.95. The van der Waals surface area contributed by atoms with Gasteiger partial charge in [0.05, 0.1) is 12.2 Å². The summed E-state index contributed by atoms with van der Waals surface area (Å²) in [6, 6.07) is 0. The van der Waals surface area contributed by atoms with Gasteiger partial charge in [0.1, 0.15) is 6.10 Å². The monoisotopic (exact) mass is 244 g/mol. The smallest absolute Gasteiger partial charge is 0.187 e. The molecule has 2 N–H and O–H groups in total. The lowest BCUT2D eigenvalue weighted by molar-refractivity contribution is -0.220. The highest BCUT2D eigenvalue weighted by molar-refractivity contribution is 5.00. The Bertz CT molecular complexity index is 305. The molecule has 0 aromatic heterocycles. The molecule has 6 atom stereocenters. The van der Waals surface area contributed by atoms with Gasteiger partial charge in [0.15, 0.2) is 12.1 Å². The van der Waals surface area contributed by atoms with Crippen LogP contribution >= 0.6 is 0 Å². The number of hydrogen-bond donors (Lipinski definition) is 2. The SMILES string of the molecule is CC1(C)O[C@H]2O[C@@H]3CC[C@H](O)[C@H](CO)[C@H]3[C@H]2O1. The van der Waals surface area contributed by atoms with Crippen LogP contribution in [0.1, 0.15) is 26.7 Å². The summed E-state index contributed by atoms with van der Waals surface area (Å²) in [6.45, 7) is 3.69. The summed E-state index contributed by atoms with van der Waals surface area (Å²) in [6.07, 6.45) is 0.552. The molecule has 2 aliphatic heterocycles. The van der Waals surface area contributed by atoms with Crippen molar-refractivity contribution in [3.05, 3.63) is 0 Å². The van der Waals surface area contributed by atoms with E-state index in [0.29, 0.717) is 6.42 Å². The second kappa shape index (κ2) is 3.90. The van der Waals surface area contributed by atoms with Crippen molar-refractivity contribution in [2.24, 2.45) is 11.8 Å².